The van der Waals surface area contributed by atoms with Crippen molar-refractivity contribution < 1.29 is 46.6 Å². The fraction of sp³-hybridized carbons (Fsp3) is 0.621. The molecule has 1 saturated carbocycles. The lowest BCUT2D eigenvalue weighted by Gasteiger charge is -2.30. The van der Waals surface area contributed by atoms with Gasteiger partial charge in [0.1, 0.15) is 12.6 Å². The molecule has 0 radical (unpaired) electrons. The number of alkyl halides is 3. The van der Waals surface area contributed by atoms with Crippen molar-refractivity contribution in [1.82, 2.24) is 15.5 Å². The van der Waals surface area contributed by atoms with Crippen LogP contribution in [0.15, 0.2) is 30.3 Å². The Balaban J connectivity index is 1.49. The van der Waals surface area contributed by atoms with Crippen LogP contribution in [-0.4, -0.2) is 78.7 Å². The van der Waals surface area contributed by atoms with Crippen LogP contribution in [0.2, 0.25) is 0 Å². The van der Waals surface area contributed by atoms with E-state index in [2.05, 4.69) is 20.7 Å². The highest BCUT2D eigenvalue weighted by Crippen LogP contribution is 2.55. The average molecular weight is 611 g/mol. The van der Waals surface area contributed by atoms with E-state index < -0.39 is 60.8 Å². The van der Waals surface area contributed by atoms with Crippen LogP contribution in [-0.2, 0) is 28.7 Å². The number of rotatable bonds is 12. The Hall–Kier alpha value is -3.68. The first-order valence-electron chi connectivity index (χ1n) is 14.4. The number of anilines is 1. The molecular formula is C29H37F3N4O7. The minimum atomic E-state index is -5.06. The summed E-state index contributed by atoms with van der Waals surface area (Å²) in [5.74, 6) is -3.42. The molecule has 3 aliphatic rings. The van der Waals surface area contributed by atoms with Crippen molar-refractivity contribution in [3.8, 4) is 0 Å². The van der Waals surface area contributed by atoms with Gasteiger partial charge in [-0.05, 0) is 62.0 Å². The highest BCUT2D eigenvalue weighted by Gasteiger charge is 2.56. The first kappa shape index (κ1) is 32.2. The van der Waals surface area contributed by atoms with Crippen LogP contribution in [0, 0.1) is 17.3 Å². The number of Topliss-reactive ketones (excluding diaryl/α,β-unsaturated/α-hetero) is 1. The predicted molar refractivity (Wildman–Crippen MR) is 146 cm³/mol. The van der Waals surface area contributed by atoms with E-state index in [1.165, 1.54) is 4.90 Å². The molecule has 4 rings (SSSR count). The van der Waals surface area contributed by atoms with Gasteiger partial charge >= 0.3 is 12.5 Å². The summed E-state index contributed by atoms with van der Waals surface area (Å²) in [6, 6.07) is 6.06. The molecule has 43 heavy (non-hydrogen) atoms. The van der Waals surface area contributed by atoms with E-state index in [0.29, 0.717) is 25.1 Å². The Labute approximate surface area is 247 Å². The van der Waals surface area contributed by atoms with Gasteiger partial charge in [0.25, 0.3) is 5.91 Å². The molecule has 11 nitrogen and oxygen atoms in total. The largest absolute Gasteiger partial charge is 0.522 e. The number of hydrogen-bond donors (Lipinski definition) is 3. The third-order valence-electron chi connectivity index (χ3n) is 8.05. The van der Waals surface area contributed by atoms with Gasteiger partial charge in [0, 0.05) is 24.7 Å². The van der Waals surface area contributed by atoms with Crippen molar-refractivity contribution >= 4 is 35.3 Å². The molecule has 3 N–H and O–H groups in total. The van der Waals surface area contributed by atoms with Crippen LogP contribution in [0.3, 0.4) is 0 Å². The van der Waals surface area contributed by atoms with Gasteiger partial charge in [0.15, 0.2) is 11.9 Å². The Bertz CT molecular complexity index is 1210. The molecule has 1 aliphatic carbocycles. The molecule has 0 bridgehead atoms. The van der Waals surface area contributed by atoms with Crippen LogP contribution >= 0.6 is 0 Å². The maximum atomic E-state index is 13.8. The minimum Gasteiger partial charge on any atom is -0.436 e. The normalized spacial score (nSPS) is 22.2. The van der Waals surface area contributed by atoms with Crippen molar-refractivity contribution in [3.63, 3.8) is 0 Å². The lowest BCUT2D eigenvalue weighted by Crippen LogP contribution is -2.54. The number of likely N-dealkylation sites (tertiary alicyclic amines) is 1. The SMILES string of the molecule is CC(C)C[C@@H](OC(=O)Nc1ccccc1)C(=O)N1CC2(CC2)C[C@H]1C(=O)N[C@@H](C[C@@H]1CCNC1=O)C(=O)COC(F)(F)F. The number of hydrogen-bond acceptors (Lipinski definition) is 7. The van der Waals surface area contributed by atoms with Crippen molar-refractivity contribution in [2.24, 2.45) is 17.3 Å². The van der Waals surface area contributed by atoms with Gasteiger partial charge < -0.3 is 20.3 Å². The lowest BCUT2D eigenvalue weighted by molar-refractivity contribution is -0.321. The predicted octanol–water partition coefficient (Wildman–Crippen LogP) is 3.15. The van der Waals surface area contributed by atoms with E-state index in [9.17, 15) is 37.1 Å². The molecule has 14 heteroatoms. The van der Waals surface area contributed by atoms with Crippen LogP contribution in [0.4, 0.5) is 23.7 Å². The monoisotopic (exact) mass is 610 g/mol. The summed E-state index contributed by atoms with van der Waals surface area (Å²) in [5.41, 5.74) is 0.177. The number of amides is 4. The van der Waals surface area contributed by atoms with Gasteiger partial charge in [0.05, 0.1) is 6.04 Å². The maximum Gasteiger partial charge on any atom is 0.522 e. The van der Waals surface area contributed by atoms with Crippen LogP contribution in [0.25, 0.3) is 0 Å². The fourth-order valence-corrected chi connectivity index (χ4v) is 5.62. The van der Waals surface area contributed by atoms with Crippen molar-refractivity contribution in [2.45, 2.75) is 76.9 Å². The van der Waals surface area contributed by atoms with E-state index in [-0.39, 0.29) is 36.6 Å². The van der Waals surface area contributed by atoms with E-state index in [1.54, 1.807) is 30.3 Å². The van der Waals surface area contributed by atoms with E-state index >= 15 is 0 Å². The van der Waals surface area contributed by atoms with E-state index in [4.69, 9.17) is 4.74 Å². The maximum absolute atomic E-state index is 13.8. The number of benzene rings is 1. The molecule has 1 aromatic carbocycles. The van der Waals surface area contributed by atoms with E-state index in [1.807, 2.05) is 13.8 Å². The highest BCUT2D eigenvalue weighted by molar-refractivity contribution is 5.95. The first-order chi connectivity index (χ1) is 20.2. The van der Waals surface area contributed by atoms with Gasteiger partial charge in [-0.15, -0.1) is 13.2 Å². The summed E-state index contributed by atoms with van der Waals surface area (Å²) in [4.78, 5) is 66.4. The number of para-hydroxylation sites is 1. The van der Waals surface area contributed by atoms with Crippen LogP contribution in [0.5, 0.6) is 0 Å². The van der Waals surface area contributed by atoms with Gasteiger partial charge in [0.2, 0.25) is 11.8 Å². The van der Waals surface area contributed by atoms with Gasteiger partial charge in [-0.3, -0.25) is 29.2 Å². The number of ether oxygens (including phenoxy) is 2. The summed E-state index contributed by atoms with van der Waals surface area (Å²) in [7, 11) is 0. The highest BCUT2D eigenvalue weighted by atomic mass is 19.4. The van der Waals surface area contributed by atoms with Crippen molar-refractivity contribution in [3.05, 3.63) is 30.3 Å². The number of ketones is 1. The number of carbonyl (C=O) groups excluding carboxylic acids is 5. The zero-order chi connectivity index (χ0) is 31.4. The number of nitrogens with one attached hydrogen (secondary N) is 3. The molecule has 1 aromatic rings. The molecule has 2 saturated heterocycles. The number of carbonyl (C=O) groups is 5. The summed E-state index contributed by atoms with van der Waals surface area (Å²) in [6.45, 7) is 2.96. The smallest absolute Gasteiger partial charge is 0.436 e. The van der Waals surface area contributed by atoms with Crippen LogP contribution in [0.1, 0.15) is 52.4 Å². The Morgan fingerprint density at radius 1 is 1.14 bits per heavy atom. The molecule has 4 amide bonds. The molecule has 2 heterocycles. The standard InChI is InChI=1S/C29H37F3N4O7/c1-17(2)12-23(43-27(41)34-19-6-4-3-5-7-19)26(40)36-16-28(9-10-28)14-21(36)25(39)35-20(13-18-8-11-33-24(18)38)22(37)15-42-29(30,31)32/h3-7,17-18,20-21,23H,8-16H2,1-2H3,(H,33,38)(H,34,41)(H,35,39)/t18-,20-,21-,23+/m0/s1. The molecule has 236 valence electrons. The topological polar surface area (TPSA) is 143 Å². The summed E-state index contributed by atoms with van der Waals surface area (Å²) in [5, 5.41) is 7.70. The minimum absolute atomic E-state index is 0.0450. The average Bonchev–Trinajstić information content (AvgIpc) is 3.40. The molecule has 1 spiro atoms. The third kappa shape index (κ3) is 8.91. The van der Waals surface area contributed by atoms with Gasteiger partial charge in [-0.2, -0.15) is 0 Å². The molecular weight excluding hydrogens is 573 g/mol. The van der Waals surface area contributed by atoms with Crippen molar-refractivity contribution in [2.75, 3.05) is 25.0 Å². The molecule has 4 atom stereocenters. The first-order valence-corrected chi connectivity index (χ1v) is 14.4. The van der Waals surface area contributed by atoms with E-state index in [0.717, 1.165) is 12.8 Å². The number of halogens is 3. The molecule has 0 aromatic heterocycles. The Morgan fingerprint density at radius 3 is 2.42 bits per heavy atom. The summed E-state index contributed by atoms with van der Waals surface area (Å²) < 4.78 is 47.2. The lowest BCUT2D eigenvalue weighted by atomic mass is 9.95. The quantitative estimate of drug-likeness (QED) is 0.330. The second kappa shape index (κ2) is 13.3. The second-order valence-corrected chi connectivity index (χ2v) is 12.0. The molecule has 2 aliphatic heterocycles. The fourth-order valence-electron chi connectivity index (χ4n) is 5.62. The second-order valence-electron chi connectivity index (χ2n) is 12.0. The molecule has 0 unspecified atom stereocenters. The summed E-state index contributed by atoms with van der Waals surface area (Å²) >= 11 is 0. The Kier molecular flexibility index (Phi) is 9.98. The van der Waals surface area contributed by atoms with Crippen LogP contribution < -0.4 is 16.0 Å². The number of nitrogens with zero attached hydrogens (tertiary/aromatic N) is 1. The van der Waals surface area contributed by atoms with Gasteiger partial charge in [-0.25, -0.2) is 4.79 Å². The zero-order valence-electron chi connectivity index (χ0n) is 24.1. The third-order valence-corrected chi connectivity index (χ3v) is 8.05. The van der Waals surface area contributed by atoms with Crippen molar-refractivity contribution in [1.29, 1.82) is 0 Å². The summed E-state index contributed by atoms with van der Waals surface area (Å²) in [6.07, 6.45) is -4.92. The Morgan fingerprint density at radius 2 is 1.84 bits per heavy atom. The molecule has 3 fully saturated rings. The zero-order valence-corrected chi connectivity index (χ0v) is 24.1. The van der Waals surface area contributed by atoms with Gasteiger partial charge in [-0.1, -0.05) is 32.0 Å².